The molecular weight excluding hydrogens is 424 g/mol. The van der Waals surface area contributed by atoms with Gasteiger partial charge in [0.15, 0.2) is 0 Å². The van der Waals surface area contributed by atoms with Crippen LogP contribution in [0.1, 0.15) is 54.7 Å². The van der Waals surface area contributed by atoms with E-state index in [0.29, 0.717) is 5.25 Å². The van der Waals surface area contributed by atoms with E-state index in [9.17, 15) is 4.79 Å². The molecule has 1 amide bonds. The van der Waals surface area contributed by atoms with Crippen molar-refractivity contribution >= 4 is 28.6 Å². The van der Waals surface area contributed by atoms with Crippen LogP contribution in [0.5, 0.6) is 0 Å². The molecule has 1 aromatic heterocycles. The Labute approximate surface area is 200 Å². The molecule has 0 bridgehead atoms. The van der Waals surface area contributed by atoms with E-state index in [1.165, 1.54) is 0 Å². The number of rotatable bonds is 8. The lowest BCUT2D eigenvalue weighted by atomic mass is 9.96. The largest absolute Gasteiger partial charge is 0.345 e. The molecule has 0 fully saturated rings. The summed E-state index contributed by atoms with van der Waals surface area (Å²) in [4.78, 5) is 18.9. The molecule has 1 N–H and O–H groups in total. The van der Waals surface area contributed by atoms with Crippen molar-refractivity contribution in [3.63, 3.8) is 0 Å². The zero-order valence-corrected chi connectivity index (χ0v) is 20.2. The van der Waals surface area contributed by atoms with E-state index < -0.39 is 0 Å². The van der Waals surface area contributed by atoms with Gasteiger partial charge in [-0.3, -0.25) is 4.79 Å². The maximum atomic E-state index is 13.9. The maximum absolute atomic E-state index is 13.9. The molecule has 33 heavy (non-hydrogen) atoms. The molecule has 3 aromatic carbocycles. The molecule has 1 heterocycles. The third-order valence-electron chi connectivity index (χ3n) is 5.74. The molecule has 3 nitrogen and oxygen atoms in total. The van der Waals surface area contributed by atoms with Crippen molar-refractivity contribution in [1.82, 2.24) is 10.3 Å². The predicted octanol–water partition coefficient (Wildman–Crippen LogP) is 7.42. The average Bonchev–Trinajstić information content (AvgIpc) is 2.86. The Morgan fingerprint density at radius 2 is 1.55 bits per heavy atom. The van der Waals surface area contributed by atoms with E-state index in [1.807, 2.05) is 72.4 Å². The smallest absolute Gasteiger partial charge is 0.252 e. The van der Waals surface area contributed by atoms with Crippen LogP contribution in [0.25, 0.3) is 22.2 Å². The number of nitrogens with zero attached hydrogens (tertiary/aromatic N) is 1. The van der Waals surface area contributed by atoms with Crippen LogP contribution in [-0.4, -0.2) is 16.1 Å². The van der Waals surface area contributed by atoms with Crippen molar-refractivity contribution in [3.05, 3.63) is 102 Å². The lowest BCUT2D eigenvalue weighted by molar-refractivity contribution is 0.0936. The van der Waals surface area contributed by atoms with Gasteiger partial charge in [-0.25, -0.2) is 4.98 Å². The highest BCUT2D eigenvalue weighted by Gasteiger charge is 2.23. The second kappa shape index (κ2) is 10.7. The predicted molar refractivity (Wildman–Crippen MR) is 141 cm³/mol. The molecule has 0 saturated carbocycles. The third kappa shape index (κ3) is 5.28. The number of carbonyl (C=O) groups excluding carboxylic acids is 1. The summed E-state index contributed by atoms with van der Waals surface area (Å²) in [5.74, 6) is 0.686. The molecule has 0 aliphatic carbocycles. The van der Waals surface area contributed by atoms with Crippen molar-refractivity contribution in [2.75, 3.05) is 0 Å². The molecule has 4 heteroatoms. The summed E-state index contributed by atoms with van der Waals surface area (Å²) < 4.78 is 0. The highest BCUT2D eigenvalue weighted by molar-refractivity contribution is 7.99. The number of nitrogens with one attached hydrogen (secondary N) is 1. The van der Waals surface area contributed by atoms with Crippen molar-refractivity contribution in [2.45, 2.75) is 44.2 Å². The quantitative estimate of drug-likeness (QED) is 0.301. The number of hydrogen-bond acceptors (Lipinski definition) is 3. The Balaban J connectivity index is 1.87. The first-order valence-electron chi connectivity index (χ1n) is 11.5. The molecule has 0 unspecified atom stereocenters. The van der Waals surface area contributed by atoms with E-state index in [1.54, 1.807) is 0 Å². The van der Waals surface area contributed by atoms with Gasteiger partial charge >= 0.3 is 0 Å². The van der Waals surface area contributed by atoms with Crippen LogP contribution < -0.4 is 5.32 Å². The van der Waals surface area contributed by atoms with Crippen LogP contribution in [-0.2, 0) is 5.75 Å². The second-order valence-corrected chi connectivity index (χ2v) is 9.97. The topological polar surface area (TPSA) is 42.0 Å². The summed E-state index contributed by atoms with van der Waals surface area (Å²) in [5.41, 5.74) is 5.62. The van der Waals surface area contributed by atoms with E-state index in [0.717, 1.165) is 51.0 Å². The highest BCUT2D eigenvalue weighted by atomic mass is 32.2. The standard InChI is InChI=1S/C29H30N2OS/c1-4-25(21-13-7-5-8-14-21)31-29(32)27-23-17-11-12-18-26(23)30-28(22-15-9-6-10-16-22)24(27)19-33-20(2)3/h5-18,20,25H,4,19H2,1-3H3,(H,31,32)/t25-/m0/s1. The Hall–Kier alpha value is -3.11. The lowest BCUT2D eigenvalue weighted by Crippen LogP contribution is -2.29. The zero-order valence-electron chi connectivity index (χ0n) is 19.4. The van der Waals surface area contributed by atoms with Gasteiger partial charge in [-0.2, -0.15) is 11.8 Å². The maximum Gasteiger partial charge on any atom is 0.252 e. The number of aromatic nitrogens is 1. The molecule has 0 radical (unpaired) electrons. The van der Waals surface area contributed by atoms with Gasteiger partial charge in [0.05, 0.1) is 22.8 Å². The number of benzene rings is 3. The molecule has 4 rings (SSSR count). The van der Waals surface area contributed by atoms with E-state index in [-0.39, 0.29) is 11.9 Å². The fraction of sp³-hybridized carbons (Fsp3) is 0.241. The van der Waals surface area contributed by atoms with Crippen LogP contribution in [0.15, 0.2) is 84.9 Å². The van der Waals surface area contributed by atoms with E-state index in [2.05, 4.69) is 50.4 Å². The number of fused-ring (bicyclic) bond motifs is 1. The highest BCUT2D eigenvalue weighted by Crippen LogP contribution is 2.34. The molecule has 0 spiro atoms. The van der Waals surface area contributed by atoms with Crippen molar-refractivity contribution in [3.8, 4) is 11.3 Å². The SMILES string of the molecule is CC[C@H](NC(=O)c1c(CSC(C)C)c(-c2ccccc2)nc2ccccc12)c1ccccc1. The minimum atomic E-state index is -0.0450. The first-order valence-corrected chi connectivity index (χ1v) is 12.6. The number of hydrogen-bond donors (Lipinski definition) is 1. The summed E-state index contributed by atoms with van der Waals surface area (Å²) in [7, 11) is 0. The van der Waals surface area contributed by atoms with Crippen LogP contribution in [0, 0.1) is 0 Å². The van der Waals surface area contributed by atoms with Crippen LogP contribution in [0.2, 0.25) is 0 Å². The number of carbonyl (C=O) groups is 1. The van der Waals surface area contributed by atoms with E-state index >= 15 is 0 Å². The number of pyridine rings is 1. The first-order chi connectivity index (χ1) is 16.1. The van der Waals surface area contributed by atoms with Crippen molar-refractivity contribution in [1.29, 1.82) is 0 Å². The molecule has 4 aromatic rings. The number of para-hydroxylation sites is 1. The summed E-state index contributed by atoms with van der Waals surface area (Å²) in [5, 5.41) is 4.67. The first kappa shape index (κ1) is 23.1. The summed E-state index contributed by atoms with van der Waals surface area (Å²) in [6, 6.07) is 28.3. The van der Waals surface area contributed by atoms with Gasteiger partial charge in [-0.05, 0) is 23.3 Å². The molecular formula is C29H30N2OS. The van der Waals surface area contributed by atoms with Crippen molar-refractivity contribution < 1.29 is 4.79 Å². The molecule has 168 valence electrons. The lowest BCUT2D eigenvalue weighted by Gasteiger charge is -2.21. The summed E-state index contributed by atoms with van der Waals surface area (Å²) >= 11 is 1.83. The van der Waals surface area contributed by atoms with Crippen LogP contribution in [0.3, 0.4) is 0 Å². The summed E-state index contributed by atoms with van der Waals surface area (Å²) in [6.07, 6.45) is 0.820. The van der Waals surface area contributed by atoms with Gasteiger partial charge in [-0.15, -0.1) is 0 Å². The van der Waals surface area contributed by atoms with Gasteiger partial charge in [-0.1, -0.05) is 99.6 Å². The average molecular weight is 455 g/mol. The van der Waals surface area contributed by atoms with Gasteiger partial charge in [0.2, 0.25) is 0 Å². The second-order valence-electron chi connectivity index (χ2n) is 8.40. The monoisotopic (exact) mass is 454 g/mol. The Bertz CT molecular complexity index is 1220. The van der Waals surface area contributed by atoms with Crippen LogP contribution in [0.4, 0.5) is 0 Å². The van der Waals surface area contributed by atoms with Gasteiger partial charge in [0.25, 0.3) is 5.91 Å². The minimum absolute atomic E-state index is 0.0409. The van der Waals surface area contributed by atoms with Crippen LogP contribution >= 0.6 is 11.8 Å². The van der Waals surface area contributed by atoms with Gasteiger partial charge in [0, 0.05) is 22.3 Å². The Morgan fingerprint density at radius 1 is 0.909 bits per heavy atom. The number of amides is 1. The minimum Gasteiger partial charge on any atom is -0.345 e. The normalized spacial score (nSPS) is 12.1. The molecule has 0 saturated heterocycles. The molecule has 1 atom stereocenters. The van der Waals surface area contributed by atoms with E-state index in [4.69, 9.17) is 4.98 Å². The molecule has 0 aliphatic heterocycles. The van der Waals surface area contributed by atoms with Gasteiger partial charge < -0.3 is 5.32 Å². The fourth-order valence-electron chi connectivity index (χ4n) is 4.07. The Morgan fingerprint density at radius 3 is 2.21 bits per heavy atom. The number of thioether (sulfide) groups is 1. The van der Waals surface area contributed by atoms with Crippen molar-refractivity contribution in [2.24, 2.45) is 0 Å². The molecule has 0 aliphatic rings. The fourth-order valence-corrected chi connectivity index (χ4v) is 4.85. The summed E-state index contributed by atoms with van der Waals surface area (Å²) in [6.45, 7) is 6.47. The third-order valence-corrected chi connectivity index (χ3v) is 6.87. The Kier molecular flexibility index (Phi) is 7.46. The zero-order chi connectivity index (χ0) is 23.2. The van der Waals surface area contributed by atoms with Gasteiger partial charge in [0.1, 0.15) is 0 Å².